The Bertz CT molecular complexity index is 1280. The molecular weight excluding hydrogens is 427 g/mol. The van der Waals surface area contributed by atoms with E-state index in [4.69, 9.17) is 10.5 Å². The molecule has 8 heteroatoms. The lowest BCUT2D eigenvalue weighted by atomic mass is 10.1. The van der Waals surface area contributed by atoms with Crippen molar-refractivity contribution >= 4 is 39.9 Å². The first-order valence-electron chi connectivity index (χ1n) is 10.0. The highest BCUT2D eigenvalue weighted by atomic mass is 32.2. The van der Waals surface area contributed by atoms with Crippen molar-refractivity contribution in [2.24, 2.45) is 10.2 Å². The molecule has 32 heavy (non-hydrogen) atoms. The van der Waals surface area contributed by atoms with Crippen LogP contribution in [0.5, 0.6) is 5.75 Å². The molecule has 1 aromatic heterocycles. The van der Waals surface area contributed by atoms with Gasteiger partial charge in [-0.15, -0.1) is 10.2 Å². The van der Waals surface area contributed by atoms with Crippen LogP contribution in [0.15, 0.2) is 82.0 Å². The molecule has 3 aromatic carbocycles. The van der Waals surface area contributed by atoms with Crippen LogP contribution in [0.25, 0.3) is 22.0 Å². The number of pyridine rings is 1. The summed E-state index contributed by atoms with van der Waals surface area (Å²) in [7, 11) is 0. The zero-order valence-electron chi connectivity index (χ0n) is 17.3. The molecule has 0 amide bonds. The molecule has 6 nitrogen and oxygen atoms in total. The molecule has 0 radical (unpaired) electrons. The van der Waals surface area contributed by atoms with Crippen LogP contribution in [-0.4, -0.2) is 16.1 Å². The molecule has 3 N–H and O–H groups in total. The lowest BCUT2D eigenvalue weighted by molar-refractivity contribution is 0.317. The highest BCUT2D eigenvalue weighted by Gasteiger charge is 2.11. The first kappa shape index (κ1) is 21.7. The van der Waals surface area contributed by atoms with E-state index in [1.54, 1.807) is 30.5 Å². The van der Waals surface area contributed by atoms with Gasteiger partial charge in [0, 0.05) is 34.0 Å². The number of nitrogen functional groups attached to an aromatic ring is 1. The number of aromatic nitrogens is 1. The Morgan fingerprint density at radius 1 is 1.06 bits per heavy atom. The number of fused-ring (bicyclic) bond motifs is 1. The second-order valence-electron chi connectivity index (χ2n) is 7.03. The van der Waals surface area contributed by atoms with E-state index >= 15 is 0 Å². The molecule has 4 aromatic rings. The lowest BCUT2D eigenvalue weighted by Gasteiger charge is -2.11. The molecule has 0 fully saturated rings. The van der Waals surface area contributed by atoms with Crippen LogP contribution in [0.3, 0.4) is 0 Å². The third kappa shape index (κ3) is 4.56. The summed E-state index contributed by atoms with van der Waals surface area (Å²) in [5, 5.41) is 10.2. The Labute approximate surface area is 189 Å². The van der Waals surface area contributed by atoms with Crippen LogP contribution in [0.2, 0.25) is 0 Å². The van der Waals surface area contributed by atoms with Crippen molar-refractivity contribution in [2.45, 2.75) is 18.2 Å². The van der Waals surface area contributed by atoms with Crippen molar-refractivity contribution < 1.29 is 13.7 Å². The van der Waals surface area contributed by atoms with Crippen LogP contribution in [-0.2, 0) is 0 Å². The van der Waals surface area contributed by atoms with Gasteiger partial charge in [0.05, 0.1) is 24.2 Å². The first-order chi connectivity index (χ1) is 15.6. The predicted molar refractivity (Wildman–Crippen MR) is 126 cm³/mol. The van der Waals surface area contributed by atoms with Crippen molar-refractivity contribution in [3.05, 3.63) is 72.7 Å². The van der Waals surface area contributed by atoms with E-state index in [1.807, 2.05) is 31.2 Å². The molecule has 0 aliphatic rings. The number of halogens is 1. The summed E-state index contributed by atoms with van der Waals surface area (Å²) in [5.41, 5.74) is 9.07. The van der Waals surface area contributed by atoms with E-state index < -0.39 is 0 Å². The van der Waals surface area contributed by atoms with Crippen LogP contribution in [0.1, 0.15) is 13.3 Å². The summed E-state index contributed by atoms with van der Waals surface area (Å²) >= 11 is 0.642. The van der Waals surface area contributed by atoms with Gasteiger partial charge < -0.3 is 15.0 Å². The average Bonchev–Trinajstić information content (AvgIpc) is 2.83. The van der Waals surface area contributed by atoms with E-state index in [2.05, 4.69) is 15.2 Å². The smallest absolute Gasteiger partial charge is 0.131 e. The molecule has 162 valence electrons. The van der Waals surface area contributed by atoms with Crippen LogP contribution >= 0.6 is 12.0 Å². The average molecular weight is 449 g/mol. The number of rotatable bonds is 7. The molecule has 1 heterocycles. The Kier molecular flexibility index (Phi) is 6.63. The lowest BCUT2D eigenvalue weighted by Crippen LogP contribution is -1.98. The number of azo groups is 1. The van der Waals surface area contributed by atoms with E-state index in [0.717, 1.165) is 17.2 Å². The first-order valence-corrected chi connectivity index (χ1v) is 10.8. The van der Waals surface area contributed by atoms with Crippen LogP contribution < -0.4 is 10.5 Å². The van der Waals surface area contributed by atoms with Gasteiger partial charge >= 0.3 is 0 Å². The summed E-state index contributed by atoms with van der Waals surface area (Å²) in [6.07, 6.45) is 2.39. The van der Waals surface area contributed by atoms with Gasteiger partial charge in [0.25, 0.3) is 0 Å². The topological polar surface area (TPSA) is 93.1 Å². The standard InChI is InChI=1S/C24H21FN4O2S/c1-2-11-31-22-12-15(25)7-9-19(22)20-10-8-16(14-27-20)28-29-21-13-23(32-30)17-5-3-4-6-18(17)24(21)26/h3-10,12-14,30H,2,11,26H2,1H3/b29-28+. The molecule has 0 bridgehead atoms. The quantitative estimate of drug-likeness (QED) is 0.175. The van der Waals surface area contributed by atoms with E-state index in [0.29, 0.717) is 57.6 Å². The second-order valence-corrected chi connectivity index (χ2v) is 7.66. The number of hydrogen-bond donors (Lipinski definition) is 2. The minimum atomic E-state index is -0.362. The van der Waals surface area contributed by atoms with Gasteiger partial charge in [0.2, 0.25) is 0 Å². The maximum absolute atomic E-state index is 13.6. The third-order valence-corrected chi connectivity index (χ3v) is 5.36. The normalized spacial score (nSPS) is 11.3. The highest BCUT2D eigenvalue weighted by molar-refractivity contribution is 7.94. The van der Waals surface area contributed by atoms with Crippen molar-refractivity contribution in [1.29, 1.82) is 0 Å². The zero-order valence-corrected chi connectivity index (χ0v) is 18.1. The Hall–Kier alpha value is -3.49. The predicted octanol–water partition coefficient (Wildman–Crippen LogP) is 7.39. The van der Waals surface area contributed by atoms with Gasteiger partial charge in [-0.3, -0.25) is 4.98 Å². The van der Waals surface area contributed by atoms with Gasteiger partial charge in [0.1, 0.15) is 22.9 Å². The Balaban J connectivity index is 1.62. The fourth-order valence-corrected chi connectivity index (χ4v) is 3.70. The van der Waals surface area contributed by atoms with Crippen molar-refractivity contribution in [1.82, 2.24) is 4.98 Å². The summed E-state index contributed by atoms with van der Waals surface area (Å²) in [4.78, 5) is 5.08. The number of ether oxygens (including phenoxy) is 1. The van der Waals surface area contributed by atoms with E-state index in [1.165, 1.54) is 12.1 Å². The van der Waals surface area contributed by atoms with Gasteiger partial charge in [-0.05, 0) is 42.1 Å². The van der Waals surface area contributed by atoms with Crippen molar-refractivity contribution in [3.63, 3.8) is 0 Å². The monoisotopic (exact) mass is 448 g/mol. The minimum absolute atomic E-state index is 0.362. The fourth-order valence-electron chi connectivity index (χ4n) is 3.26. The summed E-state index contributed by atoms with van der Waals surface area (Å²) in [5.74, 6) is 0.0883. The molecule has 4 rings (SSSR count). The number of nitrogens with zero attached hydrogens (tertiary/aromatic N) is 3. The number of benzene rings is 3. The molecule has 0 atom stereocenters. The van der Waals surface area contributed by atoms with Gasteiger partial charge in [-0.25, -0.2) is 4.39 Å². The molecular formula is C24H21FN4O2S. The van der Waals surface area contributed by atoms with Gasteiger partial charge in [-0.2, -0.15) is 0 Å². The summed E-state index contributed by atoms with van der Waals surface area (Å²) in [6.45, 7) is 2.48. The molecule has 0 saturated carbocycles. The van der Waals surface area contributed by atoms with E-state index in [-0.39, 0.29) is 5.82 Å². The zero-order chi connectivity index (χ0) is 22.5. The SMILES string of the molecule is CCCOc1cc(F)ccc1-c1ccc(/N=N/c2cc(SO)c3ccccc3c2N)cn1. The number of nitrogens with two attached hydrogens (primary N) is 1. The van der Waals surface area contributed by atoms with E-state index in [9.17, 15) is 8.94 Å². The Morgan fingerprint density at radius 3 is 2.59 bits per heavy atom. The molecule has 0 aliphatic heterocycles. The van der Waals surface area contributed by atoms with Crippen molar-refractivity contribution in [2.75, 3.05) is 12.3 Å². The Morgan fingerprint density at radius 2 is 1.88 bits per heavy atom. The largest absolute Gasteiger partial charge is 0.493 e. The second kappa shape index (κ2) is 9.76. The van der Waals surface area contributed by atoms with Crippen LogP contribution in [0, 0.1) is 5.82 Å². The molecule has 0 aliphatic carbocycles. The highest BCUT2D eigenvalue weighted by Crippen LogP contribution is 2.38. The summed E-state index contributed by atoms with van der Waals surface area (Å²) in [6, 6.07) is 17.1. The van der Waals surface area contributed by atoms with Gasteiger partial charge in [-0.1, -0.05) is 31.2 Å². The number of hydrogen-bond acceptors (Lipinski definition) is 7. The maximum atomic E-state index is 13.6. The molecule has 0 spiro atoms. The minimum Gasteiger partial charge on any atom is -0.493 e. The van der Waals surface area contributed by atoms with Crippen LogP contribution in [0.4, 0.5) is 21.5 Å². The van der Waals surface area contributed by atoms with Gasteiger partial charge in [0.15, 0.2) is 0 Å². The molecule has 0 unspecified atom stereocenters. The maximum Gasteiger partial charge on any atom is 0.131 e. The fraction of sp³-hybridized carbons (Fsp3) is 0.125. The molecule has 0 saturated heterocycles. The van der Waals surface area contributed by atoms with Crippen molar-refractivity contribution in [3.8, 4) is 17.0 Å². The number of anilines is 1. The summed E-state index contributed by atoms with van der Waals surface area (Å²) < 4.78 is 28.9. The third-order valence-electron chi connectivity index (χ3n) is 4.83.